The number of halogens is 2. The molecule has 0 saturated heterocycles. The van der Waals surface area contributed by atoms with Gasteiger partial charge >= 0.3 is 0 Å². The van der Waals surface area contributed by atoms with E-state index in [2.05, 4.69) is 10.1 Å². The molecule has 1 heterocycles. The molecule has 0 radical (unpaired) electrons. The number of aliphatic hydroxyl groups excluding tert-OH is 1. The summed E-state index contributed by atoms with van der Waals surface area (Å²) in [5.41, 5.74) is 0.715. The first-order chi connectivity index (χ1) is 8.99. The maximum atomic E-state index is 10.2. The summed E-state index contributed by atoms with van der Waals surface area (Å²) >= 11 is 11.8. The summed E-state index contributed by atoms with van der Waals surface area (Å²) in [4.78, 5) is 4.18. The van der Waals surface area contributed by atoms with Crippen LogP contribution in [-0.4, -0.2) is 19.9 Å². The fraction of sp³-hybridized carbons (Fsp3) is 0.385. The molecule has 0 fully saturated rings. The molecule has 0 aliphatic rings. The van der Waals surface area contributed by atoms with Crippen LogP contribution < -0.4 is 0 Å². The van der Waals surface area contributed by atoms with Crippen LogP contribution in [0.4, 0.5) is 0 Å². The monoisotopic (exact) mass is 299 g/mol. The average molecular weight is 300 g/mol. The lowest BCUT2D eigenvalue weighted by Crippen LogP contribution is -2.12. The second kappa shape index (κ2) is 5.90. The van der Waals surface area contributed by atoms with E-state index >= 15 is 0 Å². The number of aliphatic hydroxyl groups is 1. The third-order valence-electron chi connectivity index (χ3n) is 2.84. The standard InChI is InChI=1S/C13H15Cl2N3O/c1-8(2)18-13(16-7-17-18)6-12(19)9-3-4-10(14)11(15)5-9/h3-5,7-8,12,19H,6H2,1-2H3. The molecule has 0 amide bonds. The van der Waals surface area contributed by atoms with Gasteiger partial charge in [0.2, 0.25) is 0 Å². The van der Waals surface area contributed by atoms with Crippen molar-refractivity contribution in [2.75, 3.05) is 0 Å². The lowest BCUT2D eigenvalue weighted by molar-refractivity contribution is 0.173. The molecule has 0 bridgehead atoms. The molecule has 2 rings (SSSR count). The van der Waals surface area contributed by atoms with Gasteiger partial charge in [-0.15, -0.1) is 0 Å². The van der Waals surface area contributed by atoms with E-state index in [-0.39, 0.29) is 6.04 Å². The Morgan fingerprint density at radius 1 is 1.26 bits per heavy atom. The number of hydrogen-bond acceptors (Lipinski definition) is 3. The van der Waals surface area contributed by atoms with Crippen LogP contribution in [0, 0.1) is 0 Å². The van der Waals surface area contributed by atoms with Gasteiger partial charge in [0.1, 0.15) is 12.2 Å². The van der Waals surface area contributed by atoms with E-state index in [1.165, 1.54) is 6.33 Å². The molecule has 102 valence electrons. The first kappa shape index (κ1) is 14.3. The summed E-state index contributed by atoms with van der Waals surface area (Å²) in [6.07, 6.45) is 1.20. The maximum absolute atomic E-state index is 10.2. The summed E-state index contributed by atoms with van der Waals surface area (Å²) in [7, 11) is 0. The Balaban J connectivity index is 2.18. The summed E-state index contributed by atoms with van der Waals surface area (Å²) in [5, 5.41) is 15.3. The Morgan fingerprint density at radius 2 is 2.00 bits per heavy atom. The third-order valence-corrected chi connectivity index (χ3v) is 3.58. The molecule has 19 heavy (non-hydrogen) atoms. The molecular formula is C13H15Cl2N3O. The van der Waals surface area contributed by atoms with Crippen LogP contribution in [0.1, 0.15) is 37.4 Å². The van der Waals surface area contributed by atoms with E-state index in [0.29, 0.717) is 22.0 Å². The number of benzene rings is 1. The summed E-state index contributed by atoms with van der Waals surface area (Å²) in [6.45, 7) is 4.04. The summed E-state index contributed by atoms with van der Waals surface area (Å²) < 4.78 is 1.79. The van der Waals surface area contributed by atoms with Crippen molar-refractivity contribution >= 4 is 23.2 Å². The SMILES string of the molecule is CC(C)n1ncnc1CC(O)c1ccc(Cl)c(Cl)c1. The Morgan fingerprint density at radius 3 is 2.63 bits per heavy atom. The molecule has 0 aliphatic carbocycles. The van der Waals surface area contributed by atoms with Crippen LogP contribution in [0.5, 0.6) is 0 Å². The van der Waals surface area contributed by atoms with Gasteiger partial charge in [-0.05, 0) is 31.5 Å². The van der Waals surface area contributed by atoms with E-state index in [0.717, 1.165) is 5.82 Å². The van der Waals surface area contributed by atoms with Gasteiger partial charge in [0, 0.05) is 12.5 Å². The van der Waals surface area contributed by atoms with Crippen molar-refractivity contribution < 1.29 is 5.11 Å². The van der Waals surface area contributed by atoms with Gasteiger partial charge in [0.05, 0.1) is 16.1 Å². The largest absolute Gasteiger partial charge is 0.388 e. The molecule has 1 N–H and O–H groups in total. The highest BCUT2D eigenvalue weighted by molar-refractivity contribution is 6.42. The lowest BCUT2D eigenvalue weighted by atomic mass is 10.1. The van der Waals surface area contributed by atoms with Crippen LogP contribution in [0.2, 0.25) is 10.0 Å². The van der Waals surface area contributed by atoms with Crippen LogP contribution >= 0.6 is 23.2 Å². The summed E-state index contributed by atoms with van der Waals surface area (Å²) in [5.74, 6) is 0.744. The first-order valence-electron chi connectivity index (χ1n) is 6.00. The lowest BCUT2D eigenvalue weighted by Gasteiger charge is -2.14. The number of aromatic nitrogens is 3. The van der Waals surface area contributed by atoms with Crippen molar-refractivity contribution in [2.45, 2.75) is 32.4 Å². The Hall–Kier alpha value is -1.10. The second-order valence-electron chi connectivity index (χ2n) is 4.61. The molecule has 1 aromatic heterocycles. The maximum Gasteiger partial charge on any atom is 0.138 e. The van der Waals surface area contributed by atoms with Crippen LogP contribution in [0.15, 0.2) is 24.5 Å². The van der Waals surface area contributed by atoms with Crippen molar-refractivity contribution in [3.63, 3.8) is 0 Å². The molecule has 4 nitrogen and oxygen atoms in total. The van der Waals surface area contributed by atoms with Crippen LogP contribution in [-0.2, 0) is 6.42 Å². The predicted molar refractivity (Wildman–Crippen MR) is 75.5 cm³/mol. The van der Waals surface area contributed by atoms with E-state index in [1.54, 1.807) is 22.9 Å². The van der Waals surface area contributed by atoms with Gasteiger partial charge in [-0.2, -0.15) is 5.10 Å². The van der Waals surface area contributed by atoms with Gasteiger partial charge in [0.15, 0.2) is 0 Å². The normalized spacial score (nSPS) is 12.9. The summed E-state index contributed by atoms with van der Waals surface area (Å²) in [6, 6.07) is 5.31. The van der Waals surface area contributed by atoms with Gasteiger partial charge in [-0.3, -0.25) is 0 Å². The first-order valence-corrected chi connectivity index (χ1v) is 6.76. The van der Waals surface area contributed by atoms with Gasteiger partial charge in [-0.1, -0.05) is 29.3 Å². The molecule has 1 atom stereocenters. The van der Waals surface area contributed by atoms with E-state index in [1.807, 2.05) is 13.8 Å². The van der Waals surface area contributed by atoms with E-state index < -0.39 is 6.10 Å². The van der Waals surface area contributed by atoms with Gasteiger partial charge < -0.3 is 5.11 Å². The second-order valence-corrected chi connectivity index (χ2v) is 5.42. The Kier molecular flexibility index (Phi) is 4.45. The van der Waals surface area contributed by atoms with Gasteiger partial charge in [0.25, 0.3) is 0 Å². The molecule has 1 aromatic carbocycles. The molecule has 0 aliphatic heterocycles. The van der Waals surface area contributed by atoms with Crippen molar-refractivity contribution in [1.29, 1.82) is 0 Å². The highest BCUT2D eigenvalue weighted by atomic mass is 35.5. The fourth-order valence-electron chi connectivity index (χ4n) is 1.86. The molecule has 6 heteroatoms. The van der Waals surface area contributed by atoms with E-state index in [9.17, 15) is 5.11 Å². The highest BCUT2D eigenvalue weighted by Gasteiger charge is 2.15. The molecule has 2 aromatic rings. The van der Waals surface area contributed by atoms with Crippen molar-refractivity contribution in [1.82, 2.24) is 14.8 Å². The minimum Gasteiger partial charge on any atom is -0.388 e. The zero-order valence-electron chi connectivity index (χ0n) is 10.7. The van der Waals surface area contributed by atoms with Crippen LogP contribution in [0.25, 0.3) is 0 Å². The highest BCUT2D eigenvalue weighted by Crippen LogP contribution is 2.27. The molecule has 0 saturated carbocycles. The number of rotatable bonds is 4. The molecule has 1 unspecified atom stereocenters. The average Bonchev–Trinajstić information content (AvgIpc) is 2.80. The topological polar surface area (TPSA) is 50.9 Å². The van der Waals surface area contributed by atoms with Crippen molar-refractivity contribution in [2.24, 2.45) is 0 Å². The Bertz CT molecular complexity index is 569. The Labute approximate surface area is 122 Å². The zero-order valence-corrected chi connectivity index (χ0v) is 12.2. The smallest absolute Gasteiger partial charge is 0.138 e. The minimum atomic E-state index is -0.684. The molecular weight excluding hydrogens is 285 g/mol. The van der Waals surface area contributed by atoms with Crippen molar-refractivity contribution in [3.8, 4) is 0 Å². The minimum absolute atomic E-state index is 0.207. The quantitative estimate of drug-likeness (QED) is 0.941. The van der Waals surface area contributed by atoms with Crippen LogP contribution in [0.3, 0.4) is 0 Å². The zero-order chi connectivity index (χ0) is 14.0. The van der Waals surface area contributed by atoms with E-state index in [4.69, 9.17) is 23.2 Å². The fourth-order valence-corrected chi connectivity index (χ4v) is 2.17. The number of nitrogens with zero attached hydrogens (tertiary/aromatic N) is 3. The van der Waals surface area contributed by atoms with Crippen molar-refractivity contribution in [3.05, 3.63) is 46.0 Å². The van der Waals surface area contributed by atoms with Gasteiger partial charge in [-0.25, -0.2) is 9.67 Å². The predicted octanol–water partition coefficient (Wildman–Crippen LogP) is 3.44. The number of hydrogen-bond donors (Lipinski definition) is 1. The molecule has 0 spiro atoms. The third kappa shape index (κ3) is 3.26.